The molecule has 1 heterocycles. The van der Waals surface area contributed by atoms with Crippen LogP contribution in [0.5, 0.6) is 0 Å². The van der Waals surface area contributed by atoms with Crippen LogP contribution in [-0.4, -0.2) is 19.9 Å². The Morgan fingerprint density at radius 2 is 2.29 bits per heavy atom. The zero-order chi connectivity index (χ0) is 12.3. The molecule has 0 saturated heterocycles. The molecule has 0 bridgehead atoms. The van der Waals surface area contributed by atoms with E-state index in [0.717, 1.165) is 5.56 Å². The minimum absolute atomic E-state index is 0.274. The SMILES string of the molecule is OCc1ncnn1-c1cc(F)ccc1CNCl. The summed E-state index contributed by atoms with van der Waals surface area (Å²) in [6, 6.07) is 4.25. The molecule has 2 rings (SSSR count). The number of nitrogens with one attached hydrogen (secondary N) is 1. The highest BCUT2D eigenvalue weighted by atomic mass is 35.5. The van der Waals surface area contributed by atoms with E-state index >= 15 is 0 Å². The number of aliphatic hydroxyl groups is 1. The molecule has 5 nitrogen and oxygen atoms in total. The smallest absolute Gasteiger partial charge is 0.157 e. The maximum Gasteiger partial charge on any atom is 0.157 e. The minimum Gasteiger partial charge on any atom is -0.388 e. The molecule has 1 aromatic heterocycles. The van der Waals surface area contributed by atoms with Crippen molar-refractivity contribution in [2.45, 2.75) is 13.2 Å². The van der Waals surface area contributed by atoms with Gasteiger partial charge in [0.2, 0.25) is 0 Å². The molecule has 0 atom stereocenters. The lowest BCUT2D eigenvalue weighted by Crippen LogP contribution is -2.09. The lowest BCUT2D eigenvalue weighted by molar-refractivity contribution is 0.268. The van der Waals surface area contributed by atoms with E-state index in [1.807, 2.05) is 0 Å². The number of halogens is 2. The molecule has 1 aromatic carbocycles. The average molecular weight is 257 g/mol. The van der Waals surface area contributed by atoms with Gasteiger partial charge in [0.15, 0.2) is 5.82 Å². The summed E-state index contributed by atoms with van der Waals surface area (Å²) >= 11 is 5.44. The first-order chi connectivity index (χ1) is 8.26. The van der Waals surface area contributed by atoms with Crippen molar-refractivity contribution in [3.05, 3.63) is 41.7 Å². The van der Waals surface area contributed by atoms with Crippen molar-refractivity contribution in [2.75, 3.05) is 0 Å². The van der Waals surface area contributed by atoms with Crippen LogP contribution in [0, 0.1) is 5.82 Å². The van der Waals surface area contributed by atoms with E-state index in [1.165, 1.54) is 23.1 Å². The highest BCUT2D eigenvalue weighted by Crippen LogP contribution is 2.17. The second-order valence-corrected chi connectivity index (χ2v) is 3.60. The Hall–Kier alpha value is -1.50. The standard InChI is InChI=1S/C10H10ClFN4O/c11-14-4-7-1-2-8(12)3-9(7)16-10(5-17)13-6-15-16/h1-3,6,14,17H,4-5H2. The number of rotatable bonds is 4. The van der Waals surface area contributed by atoms with Crippen LogP contribution in [0.25, 0.3) is 5.69 Å². The molecule has 0 amide bonds. The Morgan fingerprint density at radius 3 is 3.00 bits per heavy atom. The van der Waals surface area contributed by atoms with Crippen LogP contribution in [0.1, 0.15) is 11.4 Å². The van der Waals surface area contributed by atoms with Crippen LogP contribution < -0.4 is 4.84 Å². The molecular formula is C10H10ClFN4O. The molecule has 7 heteroatoms. The highest BCUT2D eigenvalue weighted by Gasteiger charge is 2.11. The number of nitrogens with zero attached hydrogens (tertiary/aromatic N) is 3. The van der Waals surface area contributed by atoms with Crippen molar-refractivity contribution < 1.29 is 9.50 Å². The first-order valence-electron chi connectivity index (χ1n) is 4.88. The van der Waals surface area contributed by atoms with Crippen LogP contribution in [0.15, 0.2) is 24.5 Å². The highest BCUT2D eigenvalue weighted by molar-refractivity contribution is 6.13. The largest absolute Gasteiger partial charge is 0.388 e. The summed E-state index contributed by atoms with van der Waals surface area (Å²) in [5.74, 6) is -0.0517. The van der Waals surface area contributed by atoms with Crippen LogP contribution in [0.4, 0.5) is 4.39 Å². The van der Waals surface area contributed by atoms with E-state index in [-0.39, 0.29) is 6.61 Å². The summed E-state index contributed by atoms with van der Waals surface area (Å²) in [7, 11) is 0. The molecule has 0 radical (unpaired) electrons. The van der Waals surface area contributed by atoms with Gasteiger partial charge < -0.3 is 5.11 Å². The van der Waals surface area contributed by atoms with E-state index in [2.05, 4.69) is 14.9 Å². The molecule has 0 aliphatic rings. The van der Waals surface area contributed by atoms with E-state index in [1.54, 1.807) is 6.07 Å². The lowest BCUT2D eigenvalue weighted by atomic mass is 10.1. The van der Waals surface area contributed by atoms with E-state index in [9.17, 15) is 4.39 Å². The van der Waals surface area contributed by atoms with E-state index in [0.29, 0.717) is 18.1 Å². The predicted molar refractivity (Wildman–Crippen MR) is 59.9 cm³/mol. The normalized spacial score (nSPS) is 10.8. The molecule has 0 aliphatic carbocycles. The van der Waals surface area contributed by atoms with Crippen molar-refractivity contribution in [1.82, 2.24) is 19.6 Å². The predicted octanol–water partition coefficient (Wildman–Crippen LogP) is 1.14. The fraction of sp³-hybridized carbons (Fsp3) is 0.200. The molecule has 0 saturated carbocycles. The molecule has 2 N–H and O–H groups in total. The number of hydrogen-bond acceptors (Lipinski definition) is 4. The van der Waals surface area contributed by atoms with Crippen molar-refractivity contribution in [2.24, 2.45) is 0 Å². The molecular weight excluding hydrogens is 247 g/mol. The van der Waals surface area contributed by atoms with E-state index in [4.69, 9.17) is 16.9 Å². The average Bonchev–Trinajstić information content (AvgIpc) is 2.79. The summed E-state index contributed by atoms with van der Waals surface area (Å²) in [6.45, 7) is 0.0755. The van der Waals surface area contributed by atoms with Crippen molar-refractivity contribution in [3.8, 4) is 5.69 Å². The fourth-order valence-electron chi connectivity index (χ4n) is 1.53. The van der Waals surface area contributed by atoms with Gasteiger partial charge in [-0.05, 0) is 29.5 Å². The van der Waals surface area contributed by atoms with Crippen molar-refractivity contribution in [1.29, 1.82) is 0 Å². The number of hydrogen-bond donors (Lipinski definition) is 2. The van der Waals surface area contributed by atoms with Gasteiger partial charge in [0.05, 0.1) is 5.69 Å². The zero-order valence-corrected chi connectivity index (χ0v) is 9.52. The first-order valence-corrected chi connectivity index (χ1v) is 5.26. The van der Waals surface area contributed by atoms with Gasteiger partial charge >= 0.3 is 0 Å². The van der Waals surface area contributed by atoms with Crippen molar-refractivity contribution >= 4 is 11.8 Å². The topological polar surface area (TPSA) is 63.0 Å². The van der Waals surface area contributed by atoms with Gasteiger partial charge in [0.1, 0.15) is 18.8 Å². The first kappa shape index (κ1) is 12.0. The maximum atomic E-state index is 13.2. The Balaban J connectivity index is 2.52. The number of aliphatic hydroxyl groups excluding tert-OH is 1. The maximum absolute atomic E-state index is 13.2. The Kier molecular flexibility index (Phi) is 3.68. The molecule has 0 unspecified atom stereocenters. The fourth-order valence-corrected chi connectivity index (χ4v) is 1.67. The molecule has 90 valence electrons. The molecule has 0 fully saturated rings. The van der Waals surface area contributed by atoms with Crippen LogP contribution in [0.3, 0.4) is 0 Å². The van der Waals surface area contributed by atoms with Gasteiger partial charge in [-0.2, -0.15) is 5.10 Å². The number of aromatic nitrogens is 3. The van der Waals surface area contributed by atoms with Crippen LogP contribution >= 0.6 is 11.8 Å². The Morgan fingerprint density at radius 1 is 1.47 bits per heavy atom. The Labute approximate surface area is 102 Å². The van der Waals surface area contributed by atoms with Gasteiger partial charge in [0.25, 0.3) is 0 Å². The second kappa shape index (κ2) is 5.22. The van der Waals surface area contributed by atoms with Gasteiger partial charge in [-0.15, -0.1) is 0 Å². The summed E-state index contributed by atoms with van der Waals surface area (Å²) in [5, 5.41) is 13.0. The number of benzene rings is 1. The monoisotopic (exact) mass is 256 g/mol. The molecule has 17 heavy (non-hydrogen) atoms. The quantitative estimate of drug-likeness (QED) is 0.806. The summed E-state index contributed by atoms with van der Waals surface area (Å²) < 4.78 is 14.6. The van der Waals surface area contributed by atoms with E-state index < -0.39 is 5.82 Å². The van der Waals surface area contributed by atoms with Gasteiger partial charge in [-0.25, -0.2) is 18.9 Å². The van der Waals surface area contributed by atoms with Gasteiger partial charge in [-0.1, -0.05) is 6.07 Å². The third-order valence-corrected chi connectivity index (χ3v) is 2.43. The lowest BCUT2D eigenvalue weighted by Gasteiger charge is -2.10. The molecule has 0 spiro atoms. The summed E-state index contributed by atoms with van der Waals surface area (Å²) in [4.78, 5) is 6.34. The van der Waals surface area contributed by atoms with Crippen molar-refractivity contribution in [3.63, 3.8) is 0 Å². The van der Waals surface area contributed by atoms with Crippen LogP contribution in [0.2, 0.25) is 0 Å². The summed E-state index contributed by atoms with van der Waals surface area (Å²) in [6.07, 6.45) is 1.30. The van der Waals surface area contributed by atoms with Crippen LogP contribution in [-0.2, 0) is 13.2 Å². The molecule has 2 aromatic rings. The second-order valence-electron chi connectivity index (χ2n) is 3.33. The summed E-state index contributed by atoms with van der Waals surface area (Å²) in [5.41, 5.74) is 1.25. The van der Waals surface area contributed by atoms with Gasteiger partial charge in [0, 0.05) is 6.54 Å². The molecule has 0 aliphatic heterocycles. The third kappa shape index (κ3) is 2.44. The minimum atomic E-state index is -0.391. The zero-order valence-electron chi connectivity index (χ0n) is 8.77. The third-order valence-electron chi connectivity index (χ3n) is 2.29. The van der Waals surface area contributed by atoms with Gasteiger partial charge in [-0.3, -0.25) is 0 Å². The Bertz CT molecular complexity index is 517.